The second kappa shape index (κ2) is 8.12. The lowest BCUT2D eigenvalue weighted by molar-refractivity contribution is -0.145. The maximum absolute atomic E-state index is 11.3. The van der Waals surface area contributed by atoms with Crippen LogP contribution in [0.5, 0.6) is 0 Å². The van der Waals surface area contributed by atoms with Crippen LogP contribution in [0.4, 0.5) is 0 Å². The Kier molecular flexibility index (Phi) is 6.17. The topological polar surface area (TPSA) is 64.8 Å². The summed E-state index contributed by atoms with van der Waals surface area (Å²) < 4.78 is 10.3. The minimum Gasteiger partial charge on any atom is -0.469 e. The Labute approximate surface area is 126 Å². The van der Waals surface area contributed by atoms with Gasteiger partial charge in [0.25, 0.3) is 0 Å². The summed E-state index contributed by atoms with van der Waals surface area (Å²) >= 11 is 0. The molecule has 0 aliphatic carbocycles. The van der Waals surface area contributed by atoms with E-state index in [4.69, 9.17) is 15.2 Å². The summed E-state index contributed by atoms with van der Waals surface area (Å²) in [5.74, 6) is 0.0864. The van der Waals surface area contributed by atoms with Crippen molar-refractivity contribution in [3.05, 3.63) is 35.9 Å². The summed E-state index contributed by atoms with van der Waals surface area (Å²) in [5, 5.41) is 0. The number of morpholine rings is 1. The molecular formula is C16H24N2O3. The third kappa shape index (κ3) is 4.81. The Morgan fingerprint density at radius 3 is 2.90 bits per heavy atom. The number of nitrogens with zero attached hydrogens (tertiary/aromatic N) is 1. The first kappa shape index (κ1) is 15.9. The molecule has 0 bridgehead atoms. The molecule has 5 heteroatoms. The second-order valence-electron chi connectivity index (χ2n) is 5.38. The molecule has 2 unspecified atom stereocenters. The predicted molar refractivity (Wildman–Crippen MR) is 81.1 cm³/mol. The first-order valence-corrected chi connectivity index (χ1v) is 7.38. The van der Waals surface area contributed by atoms with Crippen LogP contribution >= 0.6 is 0 Å². The van der Waals surface area contributed by atoms with Crippen molar-refractivity contribution in [1.29, 1.82) is 0 Å². The smallest absolute Gasteiger partial charge is 0.308 e. The lowest BCUT2D eigenvalue weighted by atomic mass is 9.98. The average Bonchev–Trinajstić information content (AvgIpc) is 2.53. The van der Waals surface area contributed by atoms with Crippen molar-refractivity contribution in [1.82, 2.24) is 4.90 Å². The standard InChI is InChI=1S/C16H24N2O3/c1-20-16(19)9-15-12-18(7-8-21-15)11-14(10-17)13-5-3-2-4-6-13/h2-6,14-15H,7-12,17H2,1H3. The molecule has 1 fully saturated rings. The zero-order chi connectivity index (χ0) is 15.1. The van der Waals surface area contributed by atoms with Crippen molar-refractivity contribution in [3.63, 3.8) is 0 Å². The van der Waals surface area contributed by atoms with Gasteiger partial charge in [0.05, 0.1) is 26.2 Å². The van der Waals surface area contributed by atoms with Crippen LogP contribution in [0.2, 0.25) is 0 Å². The quantitative estimate of drug-likeness (QED) is 0.792. The first-order chi connectivity index (χ1) is 10.2. The summed E-state index contributed by atoms with van der Waals surface area (Å²) in [7, 11) is 1.41. The van der Waals surface area contributed by atoms with Crippen molar-refractivity contribution in [3.8, 4) is 0 Å². The molecule has 1 saturated heterocycles. The number of hydrogen-bond donors (Lipinski definition) is 1. The Hall–Kier alpha value is -1.43. The lowest BCUT2D eigenvalue weighted by Crippen LogP contribution is -2.45. The van der Waals surface area contributed by atoms with Gasteiger partial charge in [-0.1, -0.05) is 30.3 Å². The van der Waals surface area contributed by atoms with Crippen molar-refractivity contribution in [2.75, 3.05) is 39.9 Å². The summed E-state index contributed by atoms with van der Waals surface area (Å²) in [6.45, 7) is 3.78. The van der Waals surface area contributed by atoms with Gasteiger partial charge in [-0.3, -0.25) is 9.69 Å². The monoisotopic (exact) mass is 292 g/mol. The first-order valence-electron chi connectivity index (χ1n) is 7.38. The molecule has 0 radical (unpaired) electrons. The van der Waals surface area contributed by atoms with Gasteiger partial charge in [-0.2, -0.15) is 0 Å². The third-order valence-electron chi connectivity index (χ3n) is 3.88. The number of esters is 1. The molecule has 116 valence electrons. The summed E-state index contributed by atoms with van der Waals surface area (Å²) in [6, 6.07) is 10.3. The van der Waals surface area contributed by atoms with E-state index in [1.54, 1.807) is 0 Å². The predicted octanol–water partition coefficient (Wildman–Crippen LogP) is 0.993. The van der Waals surface area contributed by atoms with Crippen LogP contribution in [0, 0.1) is 0 Å². The van der Waals surface area contributed by atoms with E-state index >= 15 is 0 Å². The Morgan fingerprint density at radius 1 is 1.48 bits per heavy atom. The van der Waals surface area contributed by atoms with Crippen LogP contribution in [-0.4, -0.2) is 56.9 Å². The highest BCUT2D eigenvalue weighted by Gasteiger charge is 2.25. The second-order valence-corrected chi connectivity index (χ2v) is 5.38. The number of methoxy groups -OCH3 is 1. The molecule has 1 aliphatic heterocycles. The van der Waals surface area contributed by atoms with E-state index in [1.807, 2.05) is 18.2 Å². The van der Waals surface area contributed by atoms with Crippen LogP contribution < -0.4 is 5.73 Å². The Balaban J connectivity index is 1.90. The highest BCUT2D eigenvalue weighted by molar-refractivity contribution is 5.69. The number of ether oxygens (including phenoxy) is 2. The Morgan fingerprint density at radius 2 is 2.24 bits per heavy atom. The average molecular weight is 292 g/mol. The van der Waals surface area contributed by atoms with Gasteiger partial charge < -0.3 is 15.2 Å². The van der Waals surface area contributed by atoms with Gasteiger partial charge in [-0.25, -0.2) is 0 Å². The van der Waals surface area contributed by atoms with Gasteiger partial charge in [0.1, 0.15) is 0 Å². The van der Waals surface area contributed by atoms with Crippen molar-refractivity contribution in [2.24, 2.45) is 5.73 Å². The number of carbonyl (C=O) groups excluding carboxylic acids is 1. The van der Waals surface area contributed by atoms with Crippen LogP contribution in [0.1, 0.15) is 17.9 Å². The molecule has 21 heavy (non-hydrogen) atoms. The fourth-order valence-corrected chi connectivity index (χ4v) is 2.69. The normalized spacial score (nSPS) is 21.0. The van der Waals surface area contributed by atoms with E-state index in [0.717, 1.165) is 19.6 Å². The number of nitrogens with two attached hydrogens (primary N) is 1. The zero-order valence-electron chi connectivity index (χ0n) is 12.5. The minimum atomic E-state index is -0.222. The third-order valence-corrected chi connectivity index (χ3v) is 3.88. The van der Waals surface area contributed by atoms with Gasteiger partial charge in [-0.15, -0.1) is 0 Å². The molecule has 1 aromatic carbocycles. The van der Waals surface area contributed by atoms with E-state index in [1.165, 1.54) is 12.7 Å². The molecule has 0 saturated carbocycles. The molecule has 1 aliphatic rings. The molecule has 0 aromatic heterocycles. The highest BCUT2D eigenvalue weighted by Crippen LogP contribution is 2.18. The maximum Gasteiger partial charge on any atom is 0.308 e. The summed E-state index contributed by atoms with van der Waals surface area (Å²) in [6.07, 6.45) is 0.228. The molecular weight excluding hydrogens is 268 g/mol. The van der Waals surface area contributed by atoms with Crippen molar-refractivity contribution in [2.45, 2.75) is 18.4 Å². The van der Waals surface area contributed by atoms with E-state index in [-0.39, 0.29) is 12.1 Å². The van der Waals surface area contributed by atoms with Gasteiger partial charge in [-0.05, 0) is 5.56 Å². The van der Waals surface area contributed by atoms with Crippen LogP contribution in [-0.2, 0) is 14.3 Å². The van der Waals surface area contributed by atoms with Gasteiger partial charge in [0, 0.05) is 32.1 Å². The van der Waals surface area contributed by atoms with Crippen LogP contribution in [0.25, 0.3) is 0 Å². The summed E-state index contributed by atoms with van der Waals surface area (Å²) in [4.78, 5) is 13.7. The van der Waals surface area contributed by atoms with E-state index in [2.05, 4.69) is 17.0 Å². The fraction of sp³-hybridized carbons (Fsp3) is 0.562. The molecule has 2 rings (SSSR count). The van der Waals surface area contributed by atoms with E-state index in [9.17, 15) is 4.79 Å². The minimum absolute atomic E-state index is 0.0830. The molecule has 5 nitrogen and oxygen atoms in total. The van der Waals surface area contributed by atoms with Crippen LogP contribution in [0.3, 0.4) is 0 Å². The number of benzene rings is 1. The number of hydrogen-bond acceptors (Lipinski definition) is 5. The highest BCUT2D eigenvalue weighted by atomic mass is 16.5. The molecule has 2 N–H and O–H groups in total. The van der Waals surface area contributed by atoms with Gasteiger partial charge in [0.2, 0.25) is 0 Å². The van der Waals surface area contributed by atoms with E-state index < -0.39 is 0 Å². The number of carbonyl (C=O) groups is 1. The lowest BCUT2D eigenvalue weighted by Gasteiger charge is -2.34. The van der Waals surface area contributed by atoms with Crippen LogP contribution in [0.15, 0.2) is 30.3 Å². The number of rotatable bonds is 6. The van der Waals surface area contributed by atoms with E-state index in [0.29, 0.717) is 25.5 Å². The molecule has 0 amide bonds. The molecule has 0 spiro atoms. The largest absolute Gasteiger partial charge is 0.469 e. The van der Waals surface area contributed by atoms with Gasteiger partial charge >= 0.3 is 5.97 Å². The van der Waals surface area contributed by atoms with Crippen molar-refractivity contribution >= 4 is 5.97 Å². The molecule has 1 heterocycles. The molecule has 2 atom stereocenters. The molecule has 1 aromatic rings. The fourth-order valence-electron chi connectivity index (χ4n) is 2.69. The maximum atomic E-state index is 11.3. The zero-order valence-corrected chi connectivity index (χ0v) is 12.5. The Bertz CT molecular complexity index is 438. The SMILES string of the molecule is COC(=O)CC1CN(CC(CN)c2ccccc2)CCO1. The van der Waals surface area contributed by atoms with Gasteiger partial charge in [0.15, 0.2) is 0 Å². The summed E-state index contributed by atoms with van der Waals surface area (Å²) in [5.41, 5.74) is 7.19. The van der Waals surface area contributed by atoms with Crippen molar-refractivity contribution < 1.29 is 14.3 Å².